The second kappa shape index (κ2) is 8.55. The van der Waals surface area contributed by atoms with Crippen LogP contribution in [0, 0.1) is 0 Å². The van der Waals surface area contributed by atoms with Crippen LogP contribution in [0.4, 0.5) is 5.69 Å². The van der Waals surface area contributed by atoms with E-state index in [9.17, 15) is 9.59 Å². The van der Waals surface area contributed by atoms with Gasteiger partial charge in [-0.05, 0) is 49.2 Å². The molecule has 3 rings (SSSR count). The van der Waals surface area contributed by atoms with Gasteiger partial charge >= 0.3 is 5.97 Å². The number of carbonyl (C=O) groups excluding carboxylic acids is 2. The molecule has 0 unspecified atom stereocenters. The van der Waals surface area contributed by atoms with Gasteiger partial charge < -0.3 is 10.1 Å². The lowest BCUT2D eigenvalue weighted by atomic mass is 10.0. The lowest BCUT2D eigenvalue weighted by Crippen LogP contribution is -2.28. The molecule has 0 bridgehead atoms. The van der Waals surface area contributed by atoms with Gasteiger partial charge in [0, 0.05) is 15.7 Å². The minimum absolute atomic E-state index is 0.0165. The summed E-state index contributed by atoms with van der Waals surface area (Å²) in [5, 5.41) is 3.22. The van der Waals surface area contributed by atoms with Crippen molar-refractivity contribution in [1.82, 2.24) is 0 Å². The molecule has 27 heavy (non-hydrogen) atoms. The van der Waals surface area contributed by atoms with Gasteiger partial charge in [-0.1, -0.05) is 41.4 Å². The SMILES string of the molecule is CC(C)OC(=O)C[C@@H]1S[C@@H](c2ccccc2Cl)c2cc(Cl)ccc2NC1=O. The second-order valence-corrected chi connectivity index (χ2v) is 8.65. The number of anilines is 1. The highest BCUT2D eigenvalue weighted by Gasteiger charge is 2.34. The average molecular weight is 424 g/mol. The van der Waals surface area contributed by atoms with Crippen LogP contribution in [0.1, 0.15) is 36.6 Å². The summed E-state index contributed by atoms with van der Waals surface area (Å²) in [6.45, 7) is 3.56. The van der Waals surface area contributed by atoms with Gasteiger partial charge in [0.1, 0.15) is 0 Å². The predicted octanol–water partition coefficient (Wildman–Crippen LogP) is 5.48. The van der Waals surface area contributed by atoms with E-state index in [-0.39, 0.29) is 23.7 Å². The summed E-state index contributed by atoms with van der Waals surface area (Å²) in [6.07, 6.45) is -0.246. The van der Waals surface area contributed by atoms with Gasteiger partial charge in [-0.3, -0.25) is 9.59 Å². The van der Waals surface area contributed by atoms with Crippen molar-refractivity contribution >= 4 is 52.5 Å². The Balaban J connectivity index is 2.00. The van der Waals surface area contributed by atoms with Crippen LogP contribution < -0.4 is 5.32 Å². The van der Waals surface area contributed by atoms with Gasteiger partial charge in [-0.2, -0.15) is 0 Å². The Hall–Kier alpha value is -1.69. The highest BCUT2D eigenvalue weighted by Crippen LogP contribution is 2.47. The van der Waals surface area contributed by atoms with Gasteiger partial charge in [0.25, 0.3) is 0 Å². The van der Waals surface area contributed by atoms with Crippen LogP contribution >= 0.6 is 35.0 Å². The topological polar surface area (TPSA) is 55.4 Å². The van der Waals surface area contributed by atoms with E-state index in [1.165, 1.54) is 11.8 Å². The molecule has 0 aliphatic carbocycles. The van der Waals surface area contributed by atoms with Crippen molar-refractivity contribution in [2.75, 3.05) is 5.32 Å². The largest absolute Gasteiger partial charge is 0.463 e. The highest BCUT2D eigenvalue weighted by molar-refractivity contribution is 8.01. The zero-order chi connectivity index (χ0) is 19.6. The van der Waals surface area contributed by atoms with Crippen molar-refractivity contribution in [3.8, 4) is 0 Å². The number of amides is 1. The van der Waals surface area contributed by atoms with Crippen molar-refractivity contribution in [3.63, 3.8) is 0 Å². The average Bonchev–Trinajstić information content (AvgIpc) is 2.72. The van der Waals surface area contributed by atoms with Crippen LogP contribution in [-0.2, 0) is 14.3 Å². The Bertz CT molecular complexity index is 872. The number of hydrogen-bond acceptors (Lipinski definition) is 4. The molecule has 1 N–H and O–H groups in total. The molecule has 1 aliphatic rings. The first-order valence-corrected chi connectivity index (χ1v) is 10.2. The fourth-order valence-electron chi connectivity index (χ4n) is 2.91. The Morgan fingerprint density at radius 2 is 1.93 bits per heavy atom. The van der Waals surface area contributed by atoms with E-state index >= 15 is 0 Å². The van der Waals surface area contributed by atoms with Crippen LogP contribution in [0.25, 0.3) is 0 Å². The lowest BCUT2D eigenvalue weighted by Gasteiger charge is -2.21. The van der Waals surface area contributed by atoms with Gasteiger partial charge in [-0.15, -0.1) is 11.8 Å². The number of halogens is 2. The predicted molar refractivity (Wildman–Crippen MR) is 111 cm³/mol. The van der Waals surface area contributed by atoms with E-state index < -0.39 is 11.2 Å². The molecule has 1 heterocycles. The molecule has 0 fully saturated rings. The number of fused-ring (bicyclic) bond motifs is 1. The summed E-state index contributed by atoms with van der Waals surface area (Å²) < 4.78 is 5.22. The second-order valence-electron chi connectivity index (χ2n) is 6.49. The molecule has 2 aromatic rings. The minimum Gasteiger partial charge on any atom is -0.463 e. The maximum Gasteiger partial charge on any atom is 0.307 e. The molecule has 4 nitrogen and oxygen atoms in total. The minimum atomic E-state index is -0.608. The van der Waals surface area contributed by atoms with Gasteiger partial charge in [0.15, 0.2) is 0 Å². The third kappa shape index (κ3) is 4.78. The Morgan fingerprint density at radius 1 is 1.19 bits per heavy atom. The molecular weight excluding hydrogens is 405 g/mol. The smallest absolute Gasteiger partial charge is 0.307 e. The molecule has 0 saturated carbocycles. The number of rotatable bonds is 4. The summed E-state index contributed by atoms with van der Waals surface area (Å²) >= 11 is 14.0. The van der Waals surface area contributed by atoms with Crippen LogP contribution in [0.5, 0.6) is 0 Å². The number of benzene rings is 2. The molecule has 1 aliphatic heterocycles. The number of esters is 1. The third-order valence-electron chi connectivity index (χ3n) is 4.05. The summed E-state index contributed by atoms with van der Waals surface area (Å²) in [6, 6.07) is 12.8. The summed E-state index contributed by atoms with van der Waals surface area (Å²) in [7, 11) is 0. The molecule has 2 aromatic carbocycles. The lowest BCUT2D eigenvalue weighted by molar-refractivity contribution is -0.148. The zero-order valence-corrected chi connectivity index (χ0v) is 17.2. The zero-order valence-electron chi connectivity index (χ0n) is 14.9. The molecule has 0 saturated heterocycles. The third-order valence-corrected chi connectivity index (χ3v) is 6.12. The molecular formula is C20H19Cl2NO3S. The van der Waals surface area contributed by atoms with Crippen molar-refractivity contribution in [2.24, 2.45) is 0 Å². The van der Waals surface area contributed by atoms with E-state index in [4.69, 9.17) is 27.9 Å². The molecule has 0 spiro atoms. The monoisotopic (exact) mass is 423 g/mol. The summed E-state index contributed by atoms with van der Waals surface area (Å²) in [4.78, 5) is 24.9. The number of ether oxygens (including phenoxy) is 1. The quantitative estimate of drug-likeness (QED) is 0.661. The molecule has 1 amide bonds. The van der Waals surface area contributed by atoms with Gasteiger partial charge in [-0.25, -0.2) is 0 Å². The Kier molecular flexibility index (Phi) is 6.35. The number of nitrogens with one attached hydrogen (secondary N) is 1. The van der Waals surface area contributed by atoms with E-state index in [0.717, 1.165) is 11.1 Å². The standard InChI is InChI=1S/C20H19Cl2NO3S/c1-11(2)26-18(24)10-17-20(25)23-16-8-7-12(21)9-14(16)19(27-17)13-5-3-4-6-15(13)22/h3-9,11,17,19H,10H2,1-2H3,(H,23,25)/t17-,19-/m0/s1. The van der Waals surface area contributed by atoms with E-state index in [0.29, 0.717) is 15.7 Å². The first-order valence-electron chi connectivity index (χ1n) is 8.55. The van der Waals surface area contributed by atoms with Crippen molar-refractivity contribution in [2.45, 2.75) is 36.9 Å². The maximum atomic E-state index is 12.7. The Morgan fingerprint density at radius 3 is 2.63 bits per heavy atom. The highest BCUT2D eigenvalue weighted by atomic mass is 35.5. The summed E-state index contributed by atoms with van der Waals surface area (Å²) in [5.41, 5.74) is 2.39. The van der Waals surface area contributed by atoms with Crippen molar-refractivity contribution in [3.05, 3.63) is 63.6 Å². The van der Waals surface area contributed by atoms with Crippen LogP contribution in [0.3, 0.4) is 0 Å². The van der Waals surface area contributed by atoms with Crippen molar-refractivity contribution in [1.29, 1.82) is 0 Å². The summed E-state index contributed by atoms with van der Waals surface area (Å²) in [5.74, 6) is -0.640. The number of carbonyl (C=O) groups is 2. The fraction of sp³-hybridized carbons (Fsp3) is 0.300. The van der Waals surface area contributed by atoms with Crippen LogP contribution in [-0.4, -0.2) is 23.2 Å². The first kappa shape index (κ1) is 20.1. The number of hydrogen-bond donors (Lipinski definition) is 1. The van der Waals surface area contributed by atoms with Crippen molar-refractivity contribution < 1.29 is 14.3 Å². The molecule has 7 heteroatoms. The maximum absolute atomic E-state index is 12.7. The Labute approximate surface area is 172 Å². The molecule has 0 aromatic heterocycles. The van der Waals surface area contributed by atoms with Gasteiger partial charge in [0.05, 0.1) is 23.0 Å². The van der Waals surface area contributed by atoms with E-state index in [1.807, 2.05) is 30.3 Å². The molecule has 142 valence electrons. The first-order chi connectivity index (χ1) is 12.8. The van der Waals surface area contributed by atoms with Gasteiger partial charge in [0.2, 0.25) is 5.91 Å². The number of thioether (sulfide) groups is 1. The fourth-order valence-corrected chi connectivity index (χ4v) is 4.84. The van der Waals surface area contributed by atoms with Crippen LogP contribution in [0.2, 0.25) is 10.0 Å². The molecule has 2 atom stereocenters. The normalized spacial score (nSPS) is 19.2. The van der Waals surface area contributed by atoms with E-state index in [1.54, 1.807) is 26.0 Å². The van der Waals surface area contributed by atoms with E-state index in [2.05, 4.69) is 5.32 Å². The van der Waals surface area contributed by atoms with Crippen LogP contribution in [0.15, 0.2) is 42.5 Å². The molecule has 0 radical (unpaired) electrons.